The average molecular weight is 461 g/mol. The fraction of sp³-hybridized carbons (Fsp3) is 0.250. The van der Waals surface area contributed by atoms with Gasteiger partial charge >= 0.3 is 6.18 Å². The van der Waals surface area contributed by atoms with E-state index in [2.05, 4.69) is 17.0 Å². The minimum absolute atomic E-state index is 0.0918. The number of rotatable bonds is 6. The molecule has 0 saturated carbocycles. The summed E-state index contributed by atoms with van der Waals surface area (Å²) in [5.41, 5.74) is 2.82. The molecule has 0 saturated heterocycles. The normalized spacial score (nSPS) is 13.8. The zero-order valence-corrected chi connectivity index (χ0v) is 18.3. The van der Waals surface area contributed by atoms with Crippen molar-refractivity contribution in [2.45, 2.75) is 31.0 Å². The molecule has 8 heteroatoms. The molecule has 1 aliphatic rings. The fourth-order valence-corrected chi connectivity index (χ4v) is 5.56. The van der Waals surface area contributed by atoms with Gasteiger partial charge in [-0.1, -0.05) is 36.4 Å². The summed E-state index contributed by atoms with van der Waals surface area (Å²) in [5, 5.41) is 0. The van der Waals surface area contributed by atoms with E-state index in [1.807, 2.05) is 18.2 Å². The highest BCUT2D eigenvalue weighted by Gasteiger charge is 2.33. The Bertz CT molecular complexity index is 1230. The molecule has 0 aliphatic carbocycles. The molecule has 0 spiro atoms. The van der Waals surface area contributed by atoms with E-state index >= 15 is 0 Å². The van der Waals surface area contributed by atoms with Crippen molar-refractivity contribution >= 4 is 21.4 Å². The smallest absolute Gasteiger partial charge is 0.367 e. The highest BCUT2D eigenvalue weighted by Crippen LogP contribution is 2.33. The van der Waals surface area contributed by atoms with Crippen LogP contribution in [0.4, 0.5) is 24.5 Å². The first-order valence-corrected chi connectivity index (χ1v) is 11.8. The first-order valence-electron chi connectivity index (χ1n) is 10.3. The van der Waals surface area contributed by atoms with Gasteiger partial charge in [-0.2, -0.15) is 13.2 Å². The van der Waals surface area contributed by atoms with Crippen LogP contribution < -0.4 is 9.21 Å². The van der Waals surface area contributed by atoms with Crippen LogP contribution in [-0.2, 0) is 29.2 Å². The van der Waals surface area contributed by atoms with Crippen LogP contribution in [0.2, 0.25) is 0 Å². The largest absolute Gasteiger partial charge is 0.416 e. The summed E-state index contributed by atoms with van der Waals surface area (Å²) in [5.74, 6) is 0. The molecule has 0 aromatic heterocycles. The maximum absolute atomic E-state index is 13.2. The Morgan fingerprint density at radius 2 is 1.72 bits per heavy atom. The zero-order chi connectivity index (χ0) is 22.9. The van der Waals surface area contributed by atoms with E-state index in [0.717, 1.165) is 35.0 Å². The van der Waals surface area contributed by atoms with Crippen LogP contribution in [-0.4, -0.2) is 21.5 Å². The van der Waals surface area contributed by atoms with Gasteiger partial charge in [0.15, 0.2) is 0 Å². The third-order valence-corrected chi connectivity index (χ3v) is 7.49. The highest BCUT2D eigenvalue weighted by atomic mass is 32.2. The molecule has 3 aromatic rings. The second-order valence-electron chi connectivity index (χ2n) is 7.67. The fourth-order valence-electron chi connectivity index (χ4n) is 4.05. The van der Waals surface area contributed by atoms with E-state index < -0.39 is 21.8 Å². The number of alkyl halides is 3. The number of fused-ring (bicyclic) bond motifs is 1. The van der Waals surface area contributed by atoms with Gasteiger partial charge in [0.2, 0.25) is 0 Å². The van der Waals surface area contributed by atoms with Gasteiger partial charge in [-0.05, 0) is 60.9 Å². The van der Waals surface area contributed by atoms with Crippen LogP contribution in [0.5, 0.6) is 0 Å². The standard InChI is InChI=1S/C24H23F3N2O2S/c1-2-29(32(30,31)22-11-6-9-20(16-22)24(25,26)27)21-10-5-7-18(15-21)17-28-14-13-19-8-3-4-12-23(19)28/h3-12,15-16H,2,13-14,17H2,1H3. The molecule has 0 radical (unpaired) electrons. The molecule has 0 unspecified atom stereocenters. The number of benzene rings is 3. The number of hydrogen-bond donors (Lipinski definition) is 0. The molecule has 168 valence electrons. The molecule has 0 bridgehead atoms. The molecule has 4 nitrogen and oxygen atoms in total. The van der Waals surface area contributed by atoms with Crippen molar-refractivity contribution in [1.82, 2.24) is 0 Å². The summed E-state index contributed by atoms with van der Waals surface area (Å²) in [6, 6.07) is 19.2. The molecular weight excluding hydrogens is 437 g/mol. The number of halogens is 3. The van der Waals surface area contributed by atoms with Gasteiger partial charge in [0.05, 0.1) is 16.1 Å². The summed E-state index contributed by atoms with van der Waals surface area (Å²) < 4.78 is 66.9. The molecule has 4 rings (SSSR count). The predicted octanol–water partition coefficient (Wildman–Crippen LogP) is 5.48. The van der Waals surface area contributed by atoms with Gasteiger partial charge in [-0.25, -0.2) is 8.42 Å². The Morgan fingerprint density at radius 1 is 0.969 bits per heavy atom. The van der Waals surface area contributed by atoms with Crippen LogP contribution >= 0.6 is 0 Å². The van der Waals surface area contributed by atoms with Crippen LogP contribution in [0.1, 0.15) is 23.6 Å². The third kappa shape index (κ3) is 4.32. The van der Waals surface area contributed by atoms with Crippen LogP contribution in [0.3, 0.4) is 0 Å². The van der Waals surface area contributed by atoms with E-state index in [9.17, 15) is 21.6 Å². The number of para-hydroxylation sites is 1. The molecule has 32 heavy (non-hydrogen) atoms. The predicted molar refractivity (Wildman–Crippen MR) is 119 cm³/mol. The summed E-state index contributed by atoms with van der Waals surface area (Å²) >= 11 is 0. The van der Waals surface area contributed by atoms with Crippen molar-refractivity contribution < 1.29 is 21.6 Å². The monoisotopic (exact) mass is 460 g/mol. The second kappa shape index (κ2) is 8.50. The van der Waals surface area contributed by atoms with Crippen LogP contribution in [0.15, 0.2) is 77.7 Å². The molecule has 0 fully saturated rings. The number of hydrogen-bond acceptors (Lipinski definition) is 3. The summed E-state index contributed by atoms with van der Waals surface area (Å²) in [6.07, 6.45) is -3.66. The molecule has 1 heterocycles. The first kappa shape index (κ1) is 22.2. The molecule has 3 aromatic carbocycles. The summed E-state index contributed by atoms with van der Waals surface area (Å²) in [6.45, 7) is 3.25. The number of sulfonamides is 1. The van der Waals surface area contributed by atoms with E-state index in [-0.39, 0.29) is 11.4 Å². The molecule has 1 aliphatic heterocycles. The number of nitrogens with zero attached hydrogens (tertiary/aromatic N) is 2. The maximum atomic E-state index is 13.2. The Kier molecular flexibility index (Phi) is 5.90. The lowest BCUT2D eigenvalue weighted by atomic mass is 10.1. The van der Waals surface area contributed by atoms with Crippen molar-refractivity contribution in [3.63, 3.8) is 0 Å². The maximum Gasteiger partial charge on any atom is 0.416 e. The quantitative estimate of drug-likeness (QED) is 0.489. The van der Waals surface area contributed by atoms with Crippen molar-refractivity contribution in [3.05, 3.63) is 89.5 Å². The lowest BCUT2D eigenvalue weighted by molar-refractivity contribution is -0.137. The van der Waals surface area contributed by atoms with Gasteiger partial charge in [0, 0.05) is 25.3 Å². The Labute approximate surface area is 186 Å². The summed E-state index contributed by atoms with van der Waals surface area (Å²) in [7, 11) is -4.16. The van der Waals surface area contributed by atoms with Gasteiger partial charge < -0.3 is 4.90 Å². The topological polar surface area (TPSA) is 40.6 Å². The minimum Gasteiger partial charge on any atom is -0.367 e. The van der Waals surface area contributed by atoms with E-state index in [0.29, 0.717) is 18.3 Å². The Hall–Kier alpha value is -3.00. The third-order valence-electron chi connectivity index (χ3n) is 5.59. The highest BCUT2D eigenvalue weighted by molar-refractivity contribution is 7.92. The summed E-state index contributed by atoms with van der Waals surface area (Å²) in [4.78, 5) is 1.86. The van der Waals surface area contributed by atoms with E-state index in [1.165, 1.54) is 17.3 Å². The Morgan fingerprint density at radius 3 is 2.47 bits per heavy atom. The molecule has 0 amide bonds. The van der Waals surface area contributed by atoms with Crippen molar-refractivity contribution in [1.29, 1.82) is 0 Å². The van der Waals surface area contributed by atoms with Gasteiger partial charge in [0.1, 0.15) is 0 Å². The zero-order valence-electron chi connectivity index (χ0n) is 17.5. The minimum atomic E-state index is -4.62. The first-order chi connectivity index (χ1) is 15.2. The van der Waals surface area contributed by atoms with E-state index in [4.69, 9.17) is 0 Å². The Balaban J connectivity index is 1.63. The van der Waals surface area contributed by atoms with Crippen molar-refractivity contribution in [2.24, 2.45) is 0 Å². The number of anilines is 2. The molecule has 0 atom stereocenters. The average Bonchev–Trinajstić information content (AvgIpc) is 3.17. The van der Waals surface area contributed by atoms with Crippen molar-refractivity contribution in [2.75, 3.05) is 22.3 Å². The lowest BCUT2D eigenvalue weighted by Gasteiger charge is -2.25. The molecular formula is C24H23F3N2O2S. The van der Waals surface area contributed by atoms with Crippen LogP contribution in [0, 0.1) is 0 Å². The van der Waals surface area contributed by atoms with Crippen LogP contribution in [0.25, 0.3) is 0 Å². The SMILES string of the molecule is CCN(c1cccc(CN2CCc3ccccc32)c1)S(=O)(=O)c1cccc(C(F)(F)F)c1. The van der Waals surface area contributed by atoms with Gasteiger partial charge in [-0.3, -0.25) is 4.31 Å². The van der Waals surface area contributed by atoms with E-state index in [1.54, 1.807) is 25.1 Å². The molecule has 0 N–H and O–H groups in total. The second-order valence-corrected chi connectivity index (χ2v) is 9.53. The van der Waals surface area contributed by atoms with Gasteiger partial charge in [-0.15, -0.1) is 0 Å². The van der Waals surface area contributed by atoms with Gasteiger partial charge in [0.25, 0.3) is 10.0 Å². The lowest BCUT2D eigenvalue weighted by Crippen LogP contribution is -2.31. The van der Waals surface area contributed by atoms with Crippen molar-refractivity contribution in [3.8, 4) is 0 Å².